The fourth-order valence-corrected chi connectivity index (χ4v) is 8.70. The van der Waals surface area contributed by atoms with Gasteiger partial charge in [0, 0.05) is 40.5 Å². The molecule has 1 fully saturated rings. The van der Waals surface area contributed by atoms with Gasteiger partial charge in [-0.2, -0.15) is 0 Å². The Morgan fingerprint density at radius 2 is 1.58 bits per heavy atom. The van der Waals surface area contributed by atoms with Crippen molar-refractivity contribution < 1.29 is 33.5 Å². The van der Waals surface area contributed by atoms with E-state index in [1.165, 1.54) is 18.2 Å². The second-order valence-electron chi connectivity index (χ2n) is 14.4. The molecule has 3 aromatic carbocycles. The Morgan fingerprint density at radius 3 is 2.27 bits per heavy atom. The Morgan fingerprint density at radius 1 is 0.881 bits per heavy atom. The molecule has 59 heavy (non-hydrogen) atoms. The number of amides is 6. The number of benzene rings is 3. The molecule has 300 valence electrons. The van der Waals surface area contributed by atoms with Crippen LogP contribution in [0.1, 0.15) is 90.4 Å². The number of aromatic nitrogens is 3. The maximum absolute atomic E-state index is 13.5. The van der Waals surface area contributed by atoms with E-state index < -0.39 is 48.2 Å². The van der Waals surface area contributed by atoms with Crippen molar-refractivity contribution in [3.05, 3.63) is 127 Å². The summed E-state index contributed by atoms with van der Waals surface area (Å²) in [5, 5.41) is 18.4. The van der Waals surface area contributed by atoms with Crippen LogP contribution in [0.4, 0.5) is 0 Å². The SMILES string of the molecule is Cc1sc2c(c1C)C(c1ccc(Cl)cc1)=N[C@@H](CC(=O)NCc1ccc(CNC(=O)COc3cccc4c3C(=O)N(C3CCC(=O)NC3=O)C4=O)cc1)c1nnc(C)n1-2. The fraction of sp³-hybridized carbons (Fsp3) is 0.262. The van der Waals surface area contributed by atoms with Gasteiger partial charge in [0.15, 0.2) is 12.4 Å². The molecule has 2 aromatic heterocycles. The van der Waals surface area contributed by atoms with Crippen LogP contribution in [-0.4, -0.2) is 73.5 Å². The van der Waals surface area contributed by atoms with E-state index in [1.807, 2.05) is 60.0 Å². The van der Waals surface area contributed by atoms with Crippen molar-refractivity contribution in [3.63, 3.8) is 0 Å². The lowest BCUT2D eigenvalue weighted by molar-refractivity contribution is -0.136. The number of halogens is 1. The molecular formula is C42H37ClN8O7S. The highest BCUT2D eigenvalue weighted by Crippen LogP contribution is 2.40. The molecular weight excluding hydrogens is 796 g/mol. The molecule has 1 unspecified atom stereocenters. The Labute approximate surface area is 346 Å². The van der Waals surface area contributed by atoms with E-state index in [0.29, 0.717) is 16.7 Å². The fourth-order valence-electron chi connectivity index (χ4n) is 7.36. The average Bonchev–Trinajstić information content (AvgIpc) is 3.80. The lowest BCUT2D eigenvalue weighted by Gasteiger charge is -2.27. The molecule has 3 aliphatic heterocycles. The molecule has 1 saturated heterocycles. The van der Waals surface area contributed by atoms with Gasteiger partial charge in [0.05, 0.1) is 23.3 Å². The number of piperidine rings is 1. The maximum atomic E-state index is 13.5. The minimum atomic E-state index is -1.12. The minimum absolute atomic E-state index is 0.000367. The van der Waals surface area contributed by atoms with Crippen molar-refractivity contribution in [1.82, 2.24) is 35.6 Å². The largest absolute Gasteiger partial charge is 0.483 e. The van der Waals surface area contributed by atoms with Gasteiger partial charge in [-0.3, -0.25) is 48.5 Å². The van der Waals surface area contributed by atoms with Crippen LogP contribution in [0.25, 0.3) is 5.00 Å². The van der Waals surface area contributed by atoms with E-state index in [2.05, 4.69) is 40.0 Å². The summed E-state index contributed by atoms with van der Waals surface area (Å²) >= 11 is 7.87. The van der Waals surface area contributed by atoms with Crippen molar-refractivity contribution >= 4 is 64.1 Å². The number of carbonyl (C=O) groups excluding carboxylic acids is 6. The monoisotopic (exact) mass is 832 g/mol. The quantitative estimate of drug-likeness (QED) is 0.160. The number of imide groups is 2. The number of hydrogen-bond acceptors (Lipinski definition) is 11. The van der Waals surface area contributed by atoms with E-state index in [9.17, 15) is 28.8 Å². The van der Waals surface area contributed by atoms with Gasteiger partial charge >= 0.3 is 0 Å². The second-order valence-corrected chi connectivity index (χ2v) is 16.0. The van der Waals surface area contributed by atoms with Crippen LogP contribution in [0.2, 0.25) is 5.02 Å². The van der Waals surface area contributed by atoms with Gasteiger partial charge in [0.25, 0.3) is 17.7 Å². The standard InChI is InChI=1S/C42H37ClN8O7S/c1-21-22(2)59-42-35(21)37(26-11-13-27(43)14-12-26)46-29(38-49-48-23(3)50(38)42)17-33(53)44-18-24-7-9-25(10-8-24)19-45-34(54)20-58-31-6-4-5-28-36(31)41(57)51(40(28)56)30-15-16-32(52)47-39(30)55/h4-14,29-30H,15-20H2,1-3H3,(H,44,53)(H,45,54)(H,47,52,55)/t29-,30?/m0/s1. The predicted octanol–water partition coefficient (Wildman–Crippen LogP) is 4.60. The predicted molar refractivity (Wildman–Crippen MR) is 217 cm³/mol. The zero-order valence-electron chi connectivity index (χ0n) is 32.1. The molecule has 2 atom stereocenters. The van der Waals surface area contributed by atoms with Gasteiger partial charge in [-0.25, -0.2) is 0 Å². The van der Waals surface area contributed by atoms with Gasteiger partial charge in [-0.1, -0.05) is 54.1 Å². The molecule has 5 aromatic rings. The number of nitrogens with one attached hydrogen (secondary N) is 3. The highest BCUT2D eigenvalue weighted by atomic mass is 35.5. The number of ether oxygens (including phenoxy) is 1. The number of nitrogens with zero attached hydrogens (tertiary/aromatic N) is 5. The van der Waals surface area contributed by atoms with Gasteiger partial charge < -0.3 is 15.4 Å². The van der Waals surface area contributed by atoms with Crippen LogP contribution < -0.4 is 20.7 Å². The Bertz CT molecular complexity index is 2600. The molecule has 15 nitrogen and oxygen atoms in total. The number of aliphatic imine (C=N–C) groups is 1. The van der Waals surface area contributed by atoms with E-state index >= 15 is 0 Å². The molecule has 6 amide bonds. The third kappa shape index (κ3) is 7.64. The van der Waals surface area contributed by atoms with E-state index in [1.54, 1.807) is 11.3 Å². The van der Waals surface area contributed by atoms with Crippen LogP contribution >= 0.6 is 22.9 Å². The van der Waals surface area contributed by atoms with Crippen LogP contribution in [0.15, 0.2) is 71.7 Å². The number of aryl methyl sites for hydroxylation is 2. The number of fused-ring (bicyclic) bond motifs is 4. The van der Waals surface area contributed by atoms with Crippen LogP contribution in [0.3, 0.4) is 0 Å². The lowest BCUT2D eigenvalue weighted by Crippen LogP contribution is -2.54. The first-order valence-electron chi connectivity index (χ1n) is 18.8. The van der Waals surface area contributed by atoms with Crippen molar-refractivity contribution in [3.8, 4) is 10.8 Å². The molecule has 3 aliphatic rings. The Balaban J connectivity index is 0.866. The molecule has 17 heteroatoms. The van der Waals surface area contributed by atoms with E-state index in [0.717, 1.165) is 48.3 Å². The van der Waals surface area contributed by atoms with Crippen molar-refractivity contribution in [2.24, 2.45) is 4.99 Å². The van der Waals surface area contributed by atoms with Crippen molar-refractivity contribution in [2.45, 2.75) is 65.2 Å². The average molecular weight is 833 g/mol. The molecule has 0 bridgehead atoms. The van der Waals surface area contributed by atoms with Crippen molar-refractivity contribution in [1.29, 1.82) is 0 Å². The summed E-state index contributed by atoms with van der Waals surface area (Å²) in [6.07, 6.45) is 0.0673. The Kier molecular flexibility index (Phi) is 10.7. The summed E-state index contributed by atoms with van der Waals surface area (Å²) in [6.45, 7) is 6.05. The Hall–Kier alpha value is -6.52. The molecule has 0 radical (unpaired) electrons. The summed E-state index contributed by atoms with van der Waals surface area (Å²) in [7, 11) is 0. The molecule has 0 spiro atoms. The minimum Gasteiger partial charge on any atom is -0.483 e. The number of thiophene rings is 1. The number of rotatable bonds is 11. The third-order valence-electron chi connectivity index (χ3n) is 10.5. The smallest absolute Gasteiger partial charge is 0.266 e. The molecule has 0 saturated carbocycles. The summed E-state index contributed by atoms with van der Waals surface area (Å²) in [4.78, 5) is 83.8. The van der Waals surface area contributed by atoms with Crippen molar-refractivity contribution in [2.75, 3.05) is 6.61 Å². The molecule has 3 N–H and O–H groups in total. The summed E-state index contributed by atoms with van der Waals surface area (Å²) in [6, 6.07) is 17.6. The summed E-state index contributed by atoms with van der Waals surface area (Å²) in [5.74, 6) is -1.93. The van der Waals surface area contributed by atoms with Gasteiger partial charge in [0.2, 0.25) is 17.7 Å². The molecule has 5 heterocycles. The topological polar surface area (TPSA) is 194 Å². The van der Waals surface area contributed by atoms with Crippen LogP contribution in [0.5, 0.6) is 5.75 Å². The van der Waals surface area contributed by atoms with Gasteiger partial charge in [0.1, 0.15) is 28.7 Å². The van der Waals surface area contributed by atoms with Crippen LogP contribution in [-0.2, 0) is 32.3 Å². The maximum Gasteiger partial charge on any atom is 0.266 e. The number of carbonyl (C=O) groups is 6. The van der Waals surface area contributed by atoms with Gasteiger partial charge in [-0.05, 0) is 68.1 Å². The number of hydrogen-bond donors (Lipinski definition) is 3. The zero-order chi connectivity index (χ0) is 41.5. The first kappa shape index (κ1) is 39.3. The lowest BCUT2D eigenvalue weighted by atomic mass is 9.99. The zero-order valence-corrected chi connectivity index (χ0v) is 33.7. The van der Waals surface area contributed by atoms with Gasteiger partial charge in [-0.15, -0.1) is 21.5 Å². The highest BCUT2D eigenvalue weighted by molar-refractivity contribution is 7.15. The molecule has 0 aliphatic carbocycles. The van der Waals surface area contributed by atoms with E-state index in [-0.39, 0.29) is 55.1 Å². The van der Waals surface area contributed by atoms with E-state index in [4.69, 9.17) is 21.3 Å². The first-order chi connectivity index (χ1) is 28.4. The first-order valence-corrected chi connectivity index (χ1v) is 20.0. The van der Waals surface area contributed by atoms with Crippen LogP contribution in [0, 0.1) is 20.8 Å². The normalized spacial score (nSPS) is 17.1. The highest BCUT2D eigenvalue weighted by Gasteiger charge is 2.46. The summed E-state index contributed by atoms with van der Waals surface area (Å²) < 4.78 is 7.68. The second kappa shape index (κ2) is 16.0. The summed E-state index contributed by atoms with van der Waals surface area (Å²) in [5.41, 5.74) is 5.40. The molecule has 8 rings (SSSR count). The third-order valence-corrected chi connectivity index (χ3v) is 12.0.